The number of aromatic nitrogens is 3. The van der Waals surface area contributed by atoms with E-state index in [4.69, 9.17) is 4.74 Å². The van der Waals surface area contributed by atoms with Crippen LogP contribution in [0.15, 0.2) is 24.7 Å². The number of amides is 1. The number of rotatable bonds is 4. The maximum Gasteiger partial charge on any atom is 0.233 e. The molecule has 4 rings (SSSR count). The Morgan fingerprint density at radius 3 is 2.92 bits per heavy atom. The first-order valence-electron chi connectivity index (χ1n) is 8.66. The molecule has 132 valence electrons. The zero-order valence-electron chi connectivity index (χ0n) is 14.7. The van der Waals surface area contributed by atoms with Crippen LogP contribution in [0.3, 0.4) is 0 Å². The van der Waals surface area contributed by atoms with Crippen LogP contribution < -0.4 is 4.74 Å². The third-order valence-electron chi connectivity index (χ3n) is 5.11. The van der Waals surface area contributed by atoms with E-state index in [0.29, 0.717) is 19.0 Å². The molecule has 1 fully saturated rings. The Morgan fingerprint density at radius 2 is 2.20 bits per heavy atom. The van der Waals surface area contributed by atoms with Crippen molar-refractivity contribution in [1.82, 2.24) is 24.3 Å². The van der Waals surface area contributed by atoms with Gasteiger partial charge >= 0.3 is 0 Å². The van der Waals surface area contributed by atoms with E-state index >= 15 is 0 Å². The van der Waals surface area contributed by atoms with Crippen molar-refractivity contribution in [3.8, 4) is 5.88 Å². The molecule has 2 aromatic heterocycles. The van der Waals surface area contributed by atoms with Crippen LogP contribution in [0.25, 0.3) is 0 Å². The van der Waals surface area contributed by atoms with Gasteiger partial charge in [-0.15, -0.1) is 0 Å². The Bertz CT molecular complexity index is 784. The average molecular weight is 341 g/mol. The first-order valence-corrected chi connectivity index (χ1v) is 8.66. The third kappa shape index (κ3) is 2.89. The Hall–Kier alpha value is -2.41. The lowest BCUT2D eigenvalue weighted by Crippen LogP contribution is -2.48. The largest absolute Gasteiger partial charge is 0.481 e. The fraction of sp³-hybridized carbons (Fsp3) is 0.500. The summed E-state index contributed by atoms with van der Waals surface area (Å²) >= 11 is 0. The van der Waals surface area contributed by atoms with Crippen LogP contribution in [0.2, 0.25) is 0 Å². The minimum atomic E-state index is -0.154. The van der Waals surface area contributed by atoms with Crippen LogP contribution in [-0.4, -0.2) is 57.0 Å². The highest BCUT2D eigenvalue weighted by atomic mass is 16.5. The van der Waals surface area contributed by atoms with Crippen molar-refractivity contribution in [3.05, 3.63) is 41.6 Å². The van der Waals surface area contributed by atoms with E-state index in [-0.39, 0.29) is 11.8 Å². The van der Waals surface area contributed by atoms with Gasteiger partial charge in [0, 0.05) is 51.5 Å². The van der Waals surface area contributed by atoms with Crippen LogP contribution in [0.1, 0.15) is 29.3 Å². The molecule has 4 heterocycles. The summed E-state index contributed by atoms with van der Waals surface area (Å²) in [4.78, 5) is 26.0. The number of aryl methyl sites for hydroxylation is 1. The molecule has 1 amide bonds. The van der Waals surface area contributed by atoms with Crippen LogP contribution >= 0.6 is 0 Å². The van der Waals surface area contributed by atoms with Crippen molar-refractivity contribution < 1.29 is 9.53 Å². The number of imidazole rings is 1. The van der Waals surface area contributed by atoms with Crippen molar-refractivity contribution in [2.24, 2.45) is 7.05 Å². The molecule has 0 radical (unpaired) electrons. The molecule has 0 saturated carbocycles. The molecule has 7 nitrogen and oxygen atoms in total. The number of ether oxygens (including phenoxy) is 1. The SMILES string of the molecule is COc1ncccc1CN1Cc2ncn(C)c2C(C(=O)N2CCC2)C1. The number of hydrogen-bond donors (Lipinski definition) is 0. The van der Waals surface area contributed by atoms with Crippen molar-refractivity contribution in [2.45, 2.75) is 25.4 Å². The van der Waals surface area contributed by atoms with Crippen LogP contribution in [0, 0.1) is 0 Å². The number of nitrogens with zero attached hydrogens (tertiary/aromatic N) is 5. The van der Waals surface area contributed by atoms with E-state index in [1.165, 1.54) is 0 Å². The molecule has 25 heavy (non-hydrogen) atoms. The van der Waals surface area contributed by atoms with Gasteiger partial charge in [-0.1, -0.05) is 6.07 Å². The topological polar surface area (TPSA) is 63.5 Å². The summed E-state index contributed by atoms with van der Waals surface area (Å²) in [7, 11) is 3.61. The van der Waals surface area contributed by atoms with Crippen LogP contribution in [0.4, 0.5) is 0 Å². The van der Waals surface area contributed by atoms with Gasteiger partial charge in [0.1, 0.15) is 0 Å². The van der Waals surface area contributed by atoms with Gasteiger partial charge in [0.2, 0.25) is 11.8 Å². The molecule has 2 aliphatic heterocycles. The predicted octanol–water partition coefficient (Wildman–Crippen LogP) is 1.16. The highest BCUT2D eigenvalue weighted by Gasteiger charge is 2.37. The van der Waals surface area contributed by atoms with Gasteiger partial charge in [-0.2, -0.15) is 0 Å². The van der Waals surface area contributed by atoms with Gasteiger partial charge in [0.05, 0.1) is 30.7 Å². The summed E-state index contributed by atoms with van der Waals surface area (Å²) in [5, 5.41) is 0. The van der Waals surface area contributed by atoms with Crippen molar-refractivity contribution in [1.29, 1.82) is 0 Å². The number of hydrogen-bond acceptors (Lipinski definition) is 5. The van der Waals surface area contributed by atoms with E-state index in [0.717, 1.165) is 43.0 Å². The summed E-state index contributed by atoms with van der Waals surface area (Å²) < 4.78 is 7.37. The first kappa shape index (κ1) is 16.1. The van der Waals surface area contributed by atoms with Gasteiger partial charge in [0.15, 0.2) is 0 Å². The molecule has 2 aromatic rings. The summed E-state index contributed by atoms with van der Waals surface area (Å²) in [6, 6.07) is 3.93. The maximum absolute atomic E-state index is 12.9. The lowest BCUT2D eigenvalue weighted by molar-refractivity contribution is -0.137. The zero-order chi connectivity index (χ0) is 17.4. The normalized spacial score (nSPS) is 20.1. The number of carbonyl (C=O) groups is 1. The minimum Gasteiger partial charge on any atom is -0.481 e. The van der Waals surface area contributed by atoms with Crippen molar-refractivity contribution >= 4 is 5.91 Å². The first-order chi connectivity index (χ1) is 12.2. The molecule has 0 aromatic carbocycles. The average Bonchev–Trinajstić information content (AvgIpc) is 2.94. The molecular weight excluding hydrogens is 318 g/mol. The van der Waals surface area contributed by atoms with E-state index in [9.17, 15) is 4.79 Å². The lowest BCUT2D eigenvalue weighted by atomic mass is 9.95. The standard InChI is InChI=1S/C18H23N5O2/c1-21-12-20-15-11-22(9-13-5-3-6-19-17(13)25-2)10-14(16(15)21)18(24)23-7-4-8-23/h3,5-6,12,14H,4,7-11H2,1-2H3. The maximum atomic E-state index is 12.9. The van der Waals surface area contributed by atoms with E-state index in [2.05, 4.69) is 14.9 Å². The van der Waals surface area contributed by atoms with Crippen molar-refractivity contribution in [2.75, 3.05) is 26.7 Å². The van der Waals surface area contributed by atoms with Gasteiger partial charge in [-0.3, -0.25) is 9.69 Å². The lowest BCUT2D eigenvalue weighted by Gasteiger charge is -2.38. The number of pyridine rings is 1. The van der Waals surface area contributed by atoms with Gasteiger partial charge in [-0.25, -0.2) is 9.97 Å². The molecule has 0 spiro atoms. The molecule has 2 aliphatic rings. The molecule has 1 unspecified atom stereocenters. The molecule has 0 bridgehead atoms. The Balaban J connectivity index is 1.60. The highest BCUT2D eigenvalue weighted by molar-refractivity contribution is 5.84. The number of methoxy groups -OCH3 is 1. The number of fused-ring (bicyclic) bond motifs is 1. The summed E-state index contributed by atoms with van der Waals surface area (Å²) in [5.74, 6) is 0.707. The smallest absolute Gasteiger partial charge is 0.233 e. The summed E-state index contributed by atoms with van der Waals surface area (Å²) in [5.41, 5.74) is 3.08. The quantitative estimate of drug-likeness (QED) is 0.835. The molecular formula is C18H23N5O2. The fourth-order valence-corrected chi connectivity index (χ4v) is 3.72. The molecule has 0 N–H and O–H groups in total. The zero-order valence-corrected chi connectivity index (χ0v) is 14.7. The second kappa shape index (κ2) is 6.48. The molecule has 1 atom stereocenters. The van der Waals surface area contributed by atoms with Crippen molar-refractivity contribution in [3.63, 3.8) is 0 Å². The Labute approximate surface area is 147 Å². The fourth-order valence-electron chi connectivity index (χ4n) is 3.72. The predicted molar refractivity (Wildman–Crippen MR) is 92.0 cm³/mol. The van der Waals surface area contributed by atoms with Gasteiger partial charge in [-0.05, 0) is 12.5 Å². The minimum absolute atomic E-state index is 0.154. The van der Waals surface area contributed by atoms with E-state index < -0.39 is 0 Å². The number of carbonyl (C=O) groups excluding carboxylic acids is 1. The van der Waals surface area contributed by atoms with Crippen LogP contribution in [0.5, 0.6) is 5.88 Å². The Morgan fingerprint density at radius 1 is 1.36 bits per heavy atom. The monoisotopic (exact) mass is 341 g/mol. The van der Waals surface area contributed by atoms with E-state index in [1.807, 2.05) is 35.0 Å². The second-order valence-electron chi connectivity index (χ2n) is 6.76. The number of likely N-dealkylation sites (tertiary alicyclic amines) is 1. The molecule has 7 heteroatoms. The van der Waals surface area contributed by atoms with Gasteiger partial charge in [0.25, 0.3) is 0 Å². The molecule has 1 saturated heterocycles. The third-order valence-corrected chi connectivity index (χ3v) is 5.11. The Kier molecular flexibility index (Phi) is 4.17. The van der Waals surface area contributed by atoms with Gasteiger partial charge < -0.3 is 14.2 Å². The summed E-state index contributed by atoms with van der Waals surface area (Å²) in [6.07, 6.45) is 4.65. The van der Waals surface area contributed by atoms with E-state index in [1.54, 1.807) is 13.3 Å². The molecule has 0 aliphatic carbocycles. The van der Waals surface area contributed by atoms with Crippen LogP contribution in [-0.2, 0) is 24.9 Å². The summed E-state index contributed by atoms with van der Waals surface area (Å²) in [6.45, 7) is 3.87. The second-order valence-corrected chi connectivity index (χ2v) is 6.76. The highest BCUT2D eigenvalue weighted by Crippen LogP contribution is 2.31.